The number of hydrogen-bond acceptors (Lipinski definition) is 2. The van der Waals surface area contributed by atoms with Gasteiger partial charge in [0.2, 0.25) is 5.91 Å². The van der Waals surface area contributed by atoms with Crippen molar-refractivity contribution in [1.82, 2.24) is 9.88 Å². The first-order chi connectivity index (χ1) is 8.79. The molecule has 1 amide bonds. The minimum absolute atomic E-state index is 0.0375. The summed E-state index contributed by atoms with van der Waals surface area (Å²) in [7, 11) is 0. The summed E-state index contributed by atoms with van der Waals surface area (Å²) in [6.07, 6.45) is 3.98. The van der Waals surface area contributed by atoms with Crippen LogP contribution in [-0.4, -0.2) is 15.6 Å². The molecule has 18 heavy (non-hydrogen) atoms. The van der Waals surface area contributed by atoms with Crippen molar-refractivity contribution < 1.29 is 9.90 Å². The molecular formula is C14H16N2O2. The van der Waals surface area contributed by atoms with Gasteiger partial charge < -0.3 is 15.0 Å². The van der Waals surface area contributed by atoms with Gasteiger partial charge >= 0.3 is 0 Å². The van der Waals surface area contributed by atoms with Gasteiger partial charge in [-0.2, -0.15) is 0 Å². The average Bonchev–Trinajstić information content (AvgIpc) is 3.16. The standard InChI is InChI=1S/C14H16N2O2/c17-8-11-2-1-3-13-12(11)6-7-16(13)9-15-14(18)10-4-5-10/h1-3,6-7,10,17H,4-5,8-9H2,(H,15,18). The van der Waals surface area contributed by atoms with Crippen LogP contribution >= 0.6 is 0 Å². The van der Waals surface area contributed by atoms with Crippen molar-refractivity contribution in [3.63, 3.8) is 0 Å². The van der Waals surface area contributed by atoms with Gasteiger partial charge in [-0.1, -0.05) is 12.1 Å². The summed E-state index contributed by atoms with van der Waals surface area (Å²) in [5.41, 5.74) is 1.96. The van der Waals surface area contributed by atoms with Crippen LogP contribution in [0.2, 0.25) is 0 Å². The summed E-state index contributed by atoms with van der Waals surface area (Å²) in [4.78, 5) is 11.6. The third kappa shape index (κ3) is 1.99. The fourth-order valence-electron chi connectivity index (χ4n) is 2.22. The van der Waals surface area contributed by atoms with E-state index in [1.54, 1.807) is 0 Å². The molecule has 1 aliphatic carbocycles. The fraction of sp³-hybridized carbons (Fsp3) is 0.357. The molecule has 0 bridgehead atoms. The van der Waals surface area contributed by atoms with E-state index in [0.717, 1.165) is 29.3 Å². The Hall–Kier alpha value is -1.81. The van der Waals surface area contributed by atoms with Crippen molar-refractivity contribution in [3.8, 4) is 0 Å². The number of carbonyl (C=O) groups is 1. The number of rotatable bonds is 4. The lowest BCUT2D eigenvalue weighted by Crippen LogP contribution is -2.26. The highest BCUT2D eigenvalue weighted by Gasteiger charge is 2.29. The molecule has 1 aromatic heterocycles. The Morgan fingerprint density at radius 2 is 2.22 bits per heavy atom. The van der Waals surface area contributed by atoms with Crippen LogP contribution in [0.5, 0.6) is 0 Å². The second-order valence-electron chi connectivity index (χ2n) is 4.77. The monoisotopic (exact) mass is 244 g/mol. The van der Waals surface area contributed by atoms with Crippen molar-refractivity contribution >= 4 is 16.8 Å². The maximum Gasteiger partial charge on any atom is 0.224 e. The SMILES string of the molecule is O=C(NCn1ccc2c(CO)cccc21)C1CC1. The Balaban J connectivity index is 1.81. The molecular weight excluding hydrogens is 228 g/mol. The molecule has 0 unspecified atom stereocenters. The molecule has 2 aromatic rings. The Labute approximate surface area is 105 Å². The van der Waals surface area contributed by atoms with Gasteiger partial charge in [0.05, 0.1) is 13.3 Å². The van der Waals surface area contributed by atoms with E-state index in [9.17, 15) is 9.90 Å². The highest BCUT2D eigenvalue weighted by Crippen LogP contribution is 2.28. The van der Waals surface area contributed by atoms with Crippen LogP contribution in [0.4, 0.5) is 0 Å². The molecule has 1 saturated carbocycles. The third-order valence-electron chi connectivity index (χ3n) is 3.45. The Morgan fingerprint density at radius 1 is 1.39 bits per heavy atom. The average molecular weight is 244 g/mol. The van der Waals surface area contributed by atoms with Crippen molar-refractivity contribution in [2.45, 2.75) is 26.1 Å². The topological polar surface area (TPSA) is 54.3 Å². The van der Waals surface area contributed by atoms with E-state index in [0.29, 0.717) is 6.67 Å². The van der Waals surface area contributed by atoms with Gasteiger partial charge in [0.15, 0.2) is 0 Å². The van der Waals surface area contributed by atoms with Gasteiger partial charge in [0, 0.05) is 23.0 Å². The number of aliphatic hydroxyl groups is 1. The zero-order chi connectivity index (χ0) is 12.5. The van der Waals surface area contributed by atoms with Crippen LogP contribution in [-0.2, 0) is 18.1 Å². The largest absolute Gasteiger partial charge is 0.392 e. The van der Waals surface area contributed by atoms with Crippen LogP contribution in [0.15, 0.2) is 30.5 Å². The normalized spacial score (nSPS) is 14.9. The van der Waals surface area contributed by atoms with Gasteiger partial charge in [-0.05, 0) is 30.5 Å². The van der Waals surface area contributed by atoms with E-state index in [1.165, 1.54) is 0 Å². The molecule has 1 aliphatic rings. The zero-order valence-corrected chi connectivity index (χ0v) is 10.1. The smallest absolute Gasteiger partial charge is 0.224 e. The molecule has 94 valence electrons. The van der Waals surface area contributed by atoms with Gasteiger partial charge in [-0.15, -0.1) is 0 Å². The fourth-order valence-corrected chi connectivity index (χ4v) is 2.22. The predicted molar refractivity (Wildman–Crippen MR) is 68.7 cm³/mol. The quantitative estimate of drug-likeness (QED) is 0.858. The van der Waals surface area contributed by atoms with Crippen LogP contribution in [0.3, 0.4) is 0 Å². The number of hydrogen-bond donors (Lipinski definition) is 2. The van der Waals surface area contributed by atoms with Gasteiger partial charge in [0.1, 0.15) is 0 Å². The van der Waals surface area contributed by atoms with Crippen LogP contribution in [0.1, 0.15) is 18.4 Å². The first-order valence-electron chi connectivity index (χ1n) is 6.25. The lowest BCUT2D eigenvalue weighted by Gasteiger charge is -2.08. The first kappa shape index (κ1) is 11.3. The molecule has 0 atom stereocenters. The summed E-state index contributed by atoms with van der Waals surface area (Å²) in [5, 5.41) is 13.2. The maximum atomic E-state index is 11.6. The van der Waals surface area contributed by atoms with Crippen molar-refractivity contribution in [2.75, 3.05) is 0 Å². The molecule has 2 N–H and O–H groups in total. The minimum Gasteiger partial charge on any atom is -0.392 e. The summed E-state index contributed by atoms with van der Waals surface area (Å²) in [6.45, 7) is 0.531. The third-order valence-corrected chi connectivity index (χ3v) is 3.45. The predicted octanol–water partition coefficient (Wildman–Crippen LogP) is 1.62. The number of aliphatic hydroxyl groups excluding tert-OH is 1. The highest BCUT2D eigenvalue weighted by atomic mass is 16.3. The number of amides is 1. The van der Waals surface area contributed by atoms with E-state index in [4.69, 9.17) is 0 Å². The second kappa shape index (κ2) is 4.46. The Morgan fingerprint density at radius 3 is 2.94 bits per heavy atom. The molecule has 0 saturated heterocycles. The molecule has 0 radical (unpaired) electrons. The van der Waals surface area contributed by atoms with Crippen molar-refractivity contribution in [1.29, 1.82) is 0 Å². The number of fused-ring (bicyclic) bond motifs is 1. The van der Waals surface area contributed by atoms with E-state index in [-0.39, 0.29) is 18.4 Å². The Bertz CT molecular complexity index is 584. The molecule has 0 aliphatic heterocycles. The van der Waals surface area contributed by atoms with Crippen LogP contribution in [0.25, 0.3) is 10.9 Å². The summed E-state index contributed by atoms with van der Waals surface area (Å²) >= 11 is 0. The molecule has 1 fully saturated rings. The van der Waals surface area contributed by atoms with Gasteiger partial charge in [0.25, 0.3) is 0 Å². The lowest BCUT2D eigenvalue weighted by atomic mass is 10.1. The number of aromatic nitrogens is 1. The van der Waals surface area contributed by atoms with Crippen molar-refractivity contribution in [2.24, 2.45) is 5.92 Å². The summed E-state index contributed by atoms with van der Waals surface area (Å²) in [5.74, 6) is 0.384. The molecule has 1 aromatic carbocycles. The minimum atomic E-state index is 0.0375. The van der Waals surface area contributed by atoms with E-state index >= 15 is 0 Å². The molecule has 0 spiro atoms. The van der Waals surface area contributed by atoms with E-state index in [2.05, 4.69) is 5.32 Å². The number of nitrogens with zero attached hydrogens (tertiary/aromatic N) is 1. The highest BCUT2D eigenvalue weighted by molar-refractivity contribution is 5.84. The van der Waals surface area contributed by atoms with Gasteiger partial charge in [-0.25, -0.2) is 0 Å². The molecule has 4 nitrogen and oxygen atoms in total. The maximum absolute atomic E-state index is 11.6. The second-order valence-corrected chi connectivity index (χ2v) is 4.77. The summed E-state index contributed by atoms with van der Waals surface area (Å²) < 4.78 is 1.99. The molecule has 4 heteroatoms. The molecule has 1 heterocycles. The Kier molecular flexibility index (Phi) is 2.80. The van der Waals surface area contributed by atoms with Crippen LogP contribution < -0.4 is 5.32 Å². The van der Waals surface area contributed by atoms with E-state index in [1.807, 2.05) is 35.0 Å². The number of carbonyl (C=O) groups excluding carboxylic acids is 1. The van der Waals surface area contributed by atoms with Crippen LogP contribution in [0, 0.1) is 5.92 Å². The number of benzene rings is 1. The number of nitrogens with one attached hydrogen (secondary N) is 1. The molecule has 3 rings (SSSR count). The van der Waals surface area contributed by atoms with E-state index < -0.39 is 0 Å². The summed E-state index contributed by atoms with van der Waals surface area (Å²) in [6, 6.07) is 7.81. The zero-order valence-electron chi connectivity index (χ0n) is 10.1. The van der Waals surface area contributed by atoms with Gasteiger partial charge in [-0.3, -0.25) is 4.79 Å². The lowest BCUT2D eigenvalue weighted by molar-refractivity contribution is -0.122. The first-order valence-corrected chi connectivity index (χ1v) is 6.25. The van der Waals surface area contributed by atoms with Crippen molar-refractivity contribution in [3.05, 3.63) is 36.0 Å².